The van der Waals surface area contributed by atoms with Crippen molar-refractivity contribution in [3.05, 3.63) is 70.5 Å². The number of hydrazone groups is 1. The number of hydrogen-bond donors (Lipinski definition) is 2. The predicted molar refractivity (Wildman–Crippen MR) is 106 cm³/mol. The summed E-state index contributed by atoms with van der Waals surface area (Å²) in [6, 6.07) is 16.8. The average Bonchev–Trinajstić information content (AvgIpc) is 2.67. The lowest BCUT2D eigenvalue weighted by atomic mass is 10.2. The van der Waals surface area contributed by atoms with E-state index in [-0.39, 0.29) is 17.2 Å². The van der Waals surface area contributed by atoms with Gasteiger partial charge in [0.05, 0.1) is 12.8 Å². The summed E-state index contributed by atoms with van der Waals surface area (Å²) in [5, 5.41) is 12.0. The molecule has 2 N–H and O–H groups in total. The molecule has 0 bridgehead atoms. The van der Waals surface area contributed by atoms with Gasteiger partial charge in [-0.25, -0.2) is 5.43 Å². The summed E-state index contributed by atoms with van der Waals surface area (Å²) in [7, 11) is 0. The topological polar surface area (TPSA) is 92.3 Å². The first-order chi connectivity index (χ1) is 13.1. The van der Waals surface area contributed by atoms with Gasteiger partial charge in [0.2, 0.25) is 5.95 Å². The smallest absolute Gasteiger partial charge is 0.279 e. The molecule has 3 rings (SSSR count). The quantitative estimate of drug-likeness (QED) is 0.496. The van der Waals surface area contributed by atoms with Crippen molar-refractivity contribution in [1.29, 1.82) is 0 Å². The average molecular weight is 363 g/mol. The van der Waals surface area contributed by atoms with Crippen molar-refractivity contribution in [3.63, 3.8) is 0 Å². The van der Waals surface area contributed by atoms with Crippen LogP contribution in [0.3, 0.4) is 0 Å². The van der Waals surface area contributed by atoms with Gasteiger partial charge in [-0.3, -0.25) is 9.78 Å². The number of H-pyrrole nitrogens is 1. The number of aromatic amines is 1. The molecule has 0 radical (unpaired) electrons. The molecule has 3 aromatic rings. The second-order valence-electron chi connectivity index (χ2n) is 6.36. The zero-order chi connectivity index (χ0) is 19.1. The molecule has 0 saturated heterocycles. The van der Waals surface area contributed by atoms with Crippen molar-refractivity contribution in [3.8, 4) is 17.0 Å². The van der Waals surface area contributed by atoms with E-state index in [1.807, 2.05) is 42.5 Å². The van der Waals surface area contributed by atoms with Crippen LogP contribution in [0.1, 0.15) is 19.4 Å². The van der Waals surface area contributed by atoms with Gasteiger partial charge >= 0.3 is 0 Å². The van der Waals surface area contributed by atoms with E-state index in [1.165, 1.54) is 0 Å². The Kier molecular flexibility index (Phi) is 5.94. The third-order valence-corrected chi connectivity index (χ3v) is 3.57. The second kappa shape index (κ2) is 8.75. The largest absolute Gasteiger partial charge is 0.493 e. The zero-order valence-corrected chi connectivity index (χ0v) is 15.2. The molecule has 0 saturated carbocycles. The van der Waals surface area contributed by atoms with Gasteiger partial charge in [-0.05, 0) is 23.6 Å². The van der Waals surface area contributed by atoms with Gasteiger partial charge in [-0.1, -0.05) is 56.3 Å². The molecule has 0 aliphatic heterocycles. The third kappa shape index (κ3) is 5.24. The fourth-order valence-corrected chi connectivity index (χ4v) is 2.29. The second-order valence-corrected chi connectivity index (χ2v) is 6.36. The molecule has 7 heteroatoms. The first-order valence-electron chi connectivity index (χ1n) is 8.66. The van der Waals surface area contributed by atoms with Crippen LogP contribution in [0, 0.1) is 5.92 Å². The Bertz CT molecular complexity index is 967. The highest BCUT2D eigenvalue weighted by molar-refractivity contribution is 5.80. The van der Waals surface area contributed by atoms with Gasteiger partial charge in [0.25, 0.3) is 5.56 Å². The van der Waals surface area contributed by atoms with E-state index in [0.29, 0.717) is 18.1 Å². The molecule has 2 aromatic carbocycles. The minimum Gasteiger partial charge on any atom is -0.493 e. The maximum atomic E-state index is 12.2. The standard InChI is InChI=1S/C20H21N5O2/c1-14(2)13-27-17-10-6-7-15(11-17)12-21-24-20-22-19(26)18(23-25-20)16-8-4-3-5-9-16/h3-12,14H,13H2,1-2H3,(H2,22,24,25,26)/b21-12+. The third-order valence-electron chi connectivity index (χ3n) is 3.57. The van der Waals surface area contributed by atoms with E-state index in [9.17, 15) is 4.79 Å². The first-order valence-corrected chi connectivity index (χ1v) is 8.66. The lowest BCUT2D eigenvalue weighted by Gasteiger charge is -2.08. The predicted octanol–water partition coefficient (Wildman–Crippen LogP) is 3.31. The van der Waals surface area contributed by atoms with Crippen LogP contribution in [0.25, 0.3) is 11.3 Å². The highest BCUT2D eigenvalue weighted by atomic mass is 16.5. The number of nitrogens with one attached hydrogen (secondary N) is 2. The van der Waals surface area contributed by atoms with Crippen molar-refractivity contribution >= 4 is 12.2 Å². The number of benzene rings is 2. The van der Waals surface area contributed by atoms with Gasteiger partial charge in [-0.15, -0.1) is 10.2 Å². The highest BCUT2D eigenvalue weighted by Gasteiger charge is 2.06. The molecule has 0 unspecified atom stereocenters. The Labute approximate surface area is 157 Å². The Morgan fingerprint density at radius 3 is 2.70 bits per heavy atom. The lowest BCUT2D eigenvalue weighted by Crippen LogP contribution is -2.15. The van der Waals surface area contributed by atoms with Crippen LogP contribution in [-0.2, 0) is 0 Å². The summed E-state index contributed by atoms with van der Waals surface area (Å²) < 4.78 is 5.69. The molecule has 1 aromatic heterocycles. The summed E-state index contributed by atoms with van der Waals surface area (Å²) in [6.07, 6.45) is 1.62. The maximum absolute atomic E-state index is 12.2. The van der Waals surface area contributed by atoms with Crippen molar-refractivity contribution < 1.29 is 4.74 Å². The van der Waals surface area contributed by atoms with E-state index in [1.54, 1.807) is 18.3 Å². The highest BCUT2D eigenvalue weighted by Crippen LogP contribution is 2.13. The summed E-state index contributed by atoms with van der Waals surface area (Å²) in [5.41, 5.74) is 4.18. The molecule has 138 valence electrons. The van der Waals surface area contributed by atoms with Crippen molar-refractivity contribution in [2.75, 3.05) is 12.0 Å². The molecule has 7 nitrogen and oxygen atoms in total. The van der Waals surface area contributed by atoms with Crippen molar-refractivity contribution in [2.24, 2.45) is 11.0 Å². The fourth-order valence-electron chi connectivity index (χ4n) is 2.29. The molecule has 1 heterocycles. The fraction of sp³-hybridized carbons (Fsp3) is 0.200. The number of rotatable bonds is 7. The van der Waals surface area contributed by atoms with Gasteiger partial charge < -0.3 is 4.74 Å². The van der Waals surface area contributed by atoms with Gasteiger partial charge in [0.15, 0.2) is 5.69 Å². The van der Waals surface area contributed by atoms with E-state index in [2.05, 4.69) is 39.6 Å². The van der Waals surface area contributed by atoms with Crippen LogP contribution >= 0.6 is 0 Å². The number of nitrogens with zero attached hydrogens (tertiary/aromatic N) is 3. The van der Waals surface area contributed by atoms with E-state index < -0.39 is 0 Å². The minimum absolute atomic E-state index is 0.170. The minimum atomic E-state index is -0.335. The molecular weight excluding hydrogens is 342 g/mol. The summed E-state index contributed by atoms with van der Waals surface area (Å²) >= 11 is 0. The van der Waals surface area contributed by atoms with Crippen LogP contribution < -0.4 is 15.7 Å². The Morgan fingerprint density at radius 1 is 1.15 bits per heavy atom. The summed E-state index contributed by atoms with van der Waals surface area (Å²) in [5.74, 6) is 1.41. The van der Waals surface area contributed by atoms with Gasteiger partial charge in [-0.2, -0.15) is 5.10 Å². The van der Waals surface area contributed by atoms with Crippen LogP contribution in [0.2, 0.25) is 0 Å². The van der Waals surface area contributed by atoms with Crippen LogP contribution in [-0.4, -0.2) is 28.0 Å². The molecule has 0 aliphatic rings. The lowest BCUT2D eigenvalue weighted by molar-refractivity contribution is 0.271. The van der Waals surface area contributed by atoms with E-state index in [4.69, 9.17) is 4.74 Å². The maximum Gasteiger partial charge on any atom is 0.279 e. The van der Waals surface area contributed by atoms with Gasteiger partial charge in [0.1, 0.15) is 5.75 Å². The number of ether oxygens (including phenoxy) is 1. The molecule has 0 fully saturated rings. The Hall–Kier alpha value is -3.48. The Balaban J connectivity index is 1.66. The van der Waals surface area contributed by atoms with Crippen LogP contribution in [0.5, 0.6) is 5.75 Å². The molecule has 0 amide bonds. The first kappa shape index (κ1) is 18.3. The van der Waals surface area contributed by atoms with Crippen LogP contribution in [0.4, 0.5) is 5.95 Å². The summed E-state index contributed by atoms with van der Waals surface area (Å²) in [4.78, 5) is 14.8. The molecule has 27 heavy (non-hydrogen) atoms. The van der Waals surface area contributed by atoms with Gasteiger partial charge in [0, 0.05) is 5.56 Å². The van der Waals surface area contributed by atoms with Crippen molar-refractivity contribution in [2.45, 2.75) is 13.8 Å². The number of anilines is 1. The zero-order valence-electron chi connectivity index (χ0n) is 15.2. The SMILES string of the molecule is CC(C)COc1cccc(/C=N/Nc2nnc(-c3ccccc3)c(=O)[nH]2)c1. The monoisotopic (exact) mass is 363 g/mol. The number of hydrogen-bond acceptors (Lipinski definition) is 6. The molecule has 0 aliphatic carbocycles. The summed E-state index contributed by atoms with van der Waals surface area (Å²) in [6.45, 7) is 4.85. The Morgan fingerprint density at radius 2 is 1.96 bits per heavy atom. The van der Waals surface area contributed by atoms with Crippen molar-refractivity contribution in [1.82, 2.24) is 15.2 Å². The molecular formula is C20H21N5O2. The molecule has 0 atom stereocenters. The number of aromatic nitrogens is 3. The van der Waals surface area contributed by atoms with Crippen LogP contribution in [0.15, 0.2) is 64.5 Å². The van der Waals surface area contributed by atoms with E-state index in [0.717, 1.165) is 11.3 Å². The normalized spacial score (nSPS) is 11.1. The molecule has 0 spiro atoms. The van der Waals surface area contributed by atoms with E-state index >= 15 is 0 Å².